The van der Waals surface area contributed by atoms with E-state index < -0.39 is 5.41 Å². The molecule has 1 aromatic heterocycles. The van der Waals surface area contributed by atoms with Gasteiger partial charge in [0.15, 0.2) is 0 Å². The van der Waals surface area contributed by atoms with Crippen molar-refractivity contribution in [2.45, 2.75) is 44.1 Å². The van der Waals surface area contributed by atoms with Crippen LogP contribution < -0.4 is 0 Å². The fourth-order valence-electron chi connectivity index (χ4n) is 6.27. The van der Waals surface area contributed by atoms with Crippen LogP contribution in [0.5, 0.6) is 0 Å². The Morgan fingerprint density at radius 1 is 1.40 bits per heavy atom. The third kappa shape index (κ3) is 1.89. The number of hydrogen-bond acceptors (Lipinski definition) is 3. The topological polar surface area (TPSA) is 45.3 Å². The number of nitrogens with one attached hydrogen (secondary N) is 1. The lowest BCUT2D eigenvalue weighted by Gasteiger charge is -2.57. The third-order valence-corrected chi connectivity index (χ3v) is 7.07. The normalized spacial score (nSPS) is 36.1. The number of aromatic amines is 1. The first-order chi connectivity index (χ1) is 12.2. The molecule has 2 aromatic rings. The van der Waals surface area contributed by atoms with E-state index >= 15 is 0 Å². The van der Waals surface area contributed by atoms with Gasteiger partial charge in [0.25, 0.3) is 0 Å². The van der Waals surface area contributed by atoms with Crippen molar-refractivity contribution >= 4 is 16.9 Å². The first kappa shape index (κ1) is 15.4. The maximum atomic E-state index is 13.3. The first-order valence-corrected chi connectivity index (χ1v) is 9.61. The third-order valence-electron chi connectivity index (χ3n) is 7.07. The molecular formula is C21H26N2O2. The van der Waals surface area contributed by atoms with Crippen LogP contribution in [-0.4, -0.2) is 42.1 Å². The lowest BCUT2D eigenvalue weighted by Crippen LogP contribution is -2.67. The fourth-order valence-corrected chi connectivity index (χ4v) is 6.27. The van der Waals surface area contributed by atoms with Gasteiger partial charge in [-0.05, 0) is 42.7 Å². The van der Waals surface area contributed by atoms with Crippen LogP contribution in [0, 0.1) is 11.8 Å². The molecular weight excluding hydrogens is 312 g/mol. The van der Waals surface area contributed by atoms with Gasteiger partial charge in [0, 0.05) is 35.7 Å². The molecule has 1 aliphatic carbocycles. The van der Waals surface area contributed by atoms with Crippen LogP contribution >= 0.6 is 0 Å². The highest BCUT2D eigenvalue weighted by Gasteiger charge is 2.62. The van der Waals surface area contributed by atoms with Gasteiger partial charge in [-0.1, -0.05) is 31.5 Å². The number of esters is 1. The van der Waals surface area contributed by atoms with Gasteiger partial charge in [-0.3, -0.25) is 9.69 Å². The summed E-state index contributed by atoms with van der Waals surface area (Å²) >= 11 is 0. The summed E-state index contributed by atoms with van der Waals surface area (Å²) in [6.45, 7) is 4.46. The average Bonchev–Trinajstić information content (AvgIpc) is 3.00. The van der Waals surface area contributed by atoms with E-state index in [4.69, 9.17) is 4.74 Å². The van der Waals surface area contributed by atoms with Crippen LogP contribution in [-0.2, 0) is 21.4 Å². The molecule has 1 N–H and O–H groups in total. The summed E-state index contributed by atoms with van der Waals surface area (Å²) in [5.41, 5.74) is 3.11. The Balaban J connectivity index is 1.81. The molecule has 1 saturated carbocycles. The predicted molar refractivity (Wildman–Crippen MR) is 97.6 cm³/mol. The van der Waals surface area contributed by atoms with Gasteiger partial charge in [0.05, 0.1) is 7.11 Å². The number of carbonyl (C=O) groups is 1. The summed E-state index contributed by atoms with van der Waals surface area (Å²) in [6, 6.07) is 8.75. The van der Waals surface area contributed by atoms with Crippen LogP contribution in [0.3, 0.4) is 0 Å². The van der Waals surface area contributed by atoms with E-state index in [0.717, 1.165) is 43.6 Å². The Morgan fingerprint density at radius 3 is 3.04 bits per heavy atom. The molecule has 0 radical (unpaired) electrons. The van der Waals surface area contributed by atoms with Crippen molar-refractivity contribution in [3.05, 3.63) is 35.5 Å². The van der Waals surface area contributed by atoms with E-state index in [2.05, 4.69) is 41.1 Å². The fraction of sp³-hybridized carbons (Fsp3) is 0.571. The van der Waals surface area contributed by atoms with E-state index in [1.54, 1.807) is 7.11 Å². The number of carbonyl (C=O) groups excluding carboxylic acids is 1. The van der Waals surface area contributed by atoms with Crippen molar-refractivity contribution in [2.24, 2.45) is 11.8 Å². The number of para-hydroxylation sites is 1. The Labute approximate surface area is 148 Å². The number of benzene rings is 1. The Bertz CT molecular complexity index is 842. The standard InChI is InChI=1S/C21H26N2O2/c1-3-14-10-13-11-21(20(24)25-2)18-16(8-9-23(12-13)19(14)21)15-6-4-5-7-17(15)22-18/h4-7,13-14,19,22H,3,8-12H2,1-2H3/t13-,14+,19+,21+/m0/s1. The highest BCUT2D eigenvalue weighted by Crippen LogP contribution is 2.55. The molecule has 4 bridgehead atoms. The molecule has 4 heteroatoms. The number of nitrogens with zero attached hydrogens (tertiary/aromatic N) is 1. The second kappa shape index (κ2) is 5.34. The van der Waals surface area contributed by atoms with Crippen molar-refractivity contribution < 1.29 is 9.53 Å². The molecule has 2 saturated heterocycles. The van der Waals surface area contributed by atoms with Crippen molar-refractivity contribution in [2.75, 3.05) is 20.2 Å². The lowest BCUT2D eigenvalue weighted by atomic mass is 9.56. The van der Waals surface area contributed by atoms with Crippen LogP contribution in [0.2, 0.25) is 0 Å². The zero-order valence-electron chi connectivity index (χ0n) is 15.0. The van der Waals surface area contributed by atoms with Crippen molar-refractivity contribution in [1.82, 2.24) is 9.88 Å². The quantitative estimate of drug-likeness (QED) is 0.855. The van der Waals surface area contributed by atoms with Gasteiger partial charge in [-0.15, -0.1) is 0 Å². The predicted octanol–water partition coefficient (Wildman–Crippen LogP) is 3.26. The zero-order chi connectivity index (χ0) is 17.2. The Hall–Kier alpha value is -1.81. The van der Waals surface area contributed by atoms with E-state index in [1.165, 1.54) is 17.4 Å². The molecule has 4 aliphatic rings. The number of H-pyrrole nitrogens is 1. The van der Waals surface area contributed by atoms with E-state index in [1.807, 2.05) is 0 Å². The maximum absolute atomic E-state index is 13.3. The largest absolute Gasteiger partial charge is 0.468 e. The summed E-state index contributed by atoms with van der Waals surface area (Å²) in [6.07, 6.45) is 4.33. The highest BCUT2D eigenvalue weighted by molar-refractivity contribution is 5.91. The number of ether oxygens (including phenoxy) is 1. The second-order valence-electron chi connectivity index (χ2n) is 8.15. The summed E-state index contributed by atoms with van der Waals surface area (Å²) in [5.74, 6) is 1.12. The molecule has 3 aliphatic heterocycles. The summed E-state index contributed by atoms with van der Waals surface area (Å²) in [5, 5.41) is 1.28. The number of piperidine rings is 2. The zero-order valence-corrected chi connectivity index (χ0v) is 15.0. The molecule has 5 atom stereocenters. The Kier molecular flexibility index (Phi) is 3.30. The highest BCUT2D eigenvalue weighted by atomic mass is 16.5. The van der Waals surface area contributed by atoms with Crippen LogP contribution in [0.1, 0.15) is 37.4 Å². The Morgan fingerprint density at radius 2 is 2.24 bits per heavy atom. The minimum Gasteiger partial charge on any atom is -0.468 e. The van der Waals surface area contributed by atoms with Crippen molar-refractivity contribution in [3.8, 4) is 0 Å². The molecule has 6 rings (SSSR count). The molecule has 3 fully saturated rings. The molecule has 0 spiro atoms. The van der Waals surface area contributed by atoms with Crippen molar-refractivity contribution in [3.63, 3.8) is 0 Å². The molecule has 1 aromatic carbocycles. The SMILES string of the molecule is CC[C@@H]1C[C@@H]2CN3CCc4c([nH]c5ccccc45)[C@](C(=O)OC)(C2)[C@@H]13. The molecule has 25 heavy (non-hydrogen) atoms. The van der Waals surface area contributed by atoms with Gasteiger partial charge in [-0.2, -0.15) is 0 Å². The van der Waals surface area contributed by atoms with Gasteiger partial charge < -0.3 is 9.72 Å². The monoisotopic (exact) mass is 338 g/mol. The molecule has 4 heterocycles. The summed E-state index contributed by atoms with van der Waals surface area (Å²) in [7, 11) is 1.55. The summed E-state index contributed by atoms with van der Waals surface area (Å²) in [4.78, 5) is 19.5. The molecule has 4 nitrogen and oxygen atoms in total. The average molecular weight is 338 g/mol. The number of hydrogen-bond donors (Lipinski definition) is 1. The number of rotatable bonds is 2. The first-order valence-electron chi connectivity index (χ1n) is 9.61. The minimum absolute atomic E-state index is 0.0416. The van der Waals surface area contributed by atoms with E-state index in [9.17, 15) is 4.79 Å². The van der Waals surface area contributed by atoms with Crippen LogP contribution in [0.15, 0.2) is 24.3 Å². The van der Waals surface area contributed by atoms with Gasteiger partial charge >= 0.3 is 5.97 Å². The molecule has 132 valence electrons. The number of aromatic nitrogens is 1. The molecule has 0 amide bonds. The minimum atomic E-state index is -0.526. The van der Waals surface area contributed by atoms with E-state index in [-0.39, 0.29) is 12.0 Å². The number of methoxy groups -OCH3 is 1. The van der Waals surface area contributed by atoms with Gasteiger partial charge in [-0.25, -0.2) is 0 Å². The van der Waals surface area contributed by atoms with Crippen LogP contribution in [0.4, 0.5) is 0 Å². The number of fused-ring (bicyclic) bond motifs is 4. The maximum Gasteiger partial charge on any atom is 0.319 e. The van der Waals surface area contributed by atoms with Crippen molar-refractivity contribution in [1.29, 1.82) is 0 Å². The smallest absolute Gasteiger partial charge is 0.319 e. The molecule has 1 unspecified atom stereocenters. The van der Waals surface area contributed by atoms with Gasteiger partial charge in [0.2, 0.25) is 0 Å². The lowest BCUT2D eigenvalue weighted by molar-refractivity contribution is -0.162. The summed E-state index contributed by atoms with van der Waals surface area (Å²) < 4.78 is 5.43. The van der Waals surface area contributed by atoms with Crippen LogP contribution in [0.25, 0.3) is 10.9 Å². The van der Waals surface area contributed by atoms with Gasteiger partial charge in [0.1, 0.15) is 5.41 Å². The van der Waals surface area contributed by atoms with E-state index in [0.29, 0.717) is 11.8 Å². The second-order valence-corrected chi connectivity index (χ2v) is 8.15.